The zero-order chi connectivity index (χ0) is 13.5. The van der Waals surface area contributed by atoms with Gasteiger partial charge in [-0.2, -0.15) is 0 Å². The van der Waals surface area contributed by atoms with Gasteiger partial charge < -0.3 is 10.6 Å². The van der Waals surface area contributed by atoms with Crippen LogP contribution in [0.5, 0.6) is 0 Å². The van der Waals surface area contributed by atoms with Crippen LogP contribution in [0.15, 0.2) is 24.3 Å². The van der Waals surface area contributed by atoms with E-state index in [4.69, 9.17) is 10.7 Å². The summed E-state index contributed by atoms with van der Waals surface area (Å²) in [5.74, 6) is 0. The third-order valence-electron chi connectivity index (χ3n) is 3.11. The van der Waals surface area contributed by atoms with Crippen LogP contribution in [0.25, 0.3) is 10.9 Å². The van der Waals surface area contributed by atoms with E-state index >= 15 is 0 Å². The lowest BCUT2D eigenvalue weighted by Gasteiger charge is -2.20. The third kappa shape index (κ3) is 2.26. The average molecular weight is 243 g/mol. The Morgan fingerprint density at radius 3 is 2.33 bits per heavy atom. The summed E-state index contributed by atoms with van der Waals surface area (Å²) in [6, 6.07) is 8.18. The van der Waals surface area contributed by atoms with Crippen molar-refractivity contribution in [3.05, 3.63) is 30.0 Å². The number of hydrogen-bond donors (Lipinski definition) is 1. The largest absolute Gasteiger partial charge is 0.398 e. The number of benzene rings is 1. The van der Waals surface area contributed by atoms with Gasteiger partial charge in [-0.25, -0.2) is 0 Å². The second-order valence-electron chi connectivity index (χ2n) is 5.94. The topological polar surface area (TPSA) is 42.2 Å². The van der Waals surface area contributed by atoms with Gasteiger partial charge in [-0.05, 0) is 24.3 Å². The van der Waals surface area contributed by atoms with E-state index in [2.05, 4.69) is 37.8 Å². The van der Waals surface area contributed by atoms with Gasteiger partial charge in [0.2, 0.25) is 0 Å². The Balaban J connectivity index is 2.66. The van der Waals surface area contributed by atoms with Crippen molar-refractivity contribution < 1.29 is 0 Å². The van der Waals surface area contributed by atoms with Crippen LogP contribution in [0.1, 0.15) is 26.5 Å². The molecule has 2 rings (SSSR count). The first kappa shape index (κ1) is 12.7. The lowest BCUT2D eigenvalue weighted by atomic mass is 9.91. The van der Waals surface area contributed by atoms with Gasteiger partial charge in [0.15, 0.2) is 0 Å². The van der Waals surface area contributed by atoms with Crippen molar-refractivity contribution in [3.8, 4) is 0 Å². The number of nitrogens with two attached hydrogens (primary N) is 1. The van der Waals surface area contributed by atoms with E-state index in [1.165, 1.54) is 0 Å². The predicted molar refractivity (Wildman–Crippen MR) is 79.2 cm³/mol. The van der Waals surface area contributed by atoms with Crippen LogP contribution in [-0.4, -0.2) is 19.1 Å². The van der Waals surface area contributed by atoms with Crippen LogP contribution in [0, 0.1) is 0 Å². The molecule has 0 saturated heterocycles. The first-order chi connectivity index (χ1) is 8.29. The van der Waals surface area contributed by atoms with Crippen molar-refractivity contribution in [1.29, 1.82) is 0 Å². The molecule has 0 aliphatic carbocycles. The molecule has 0 radical (unpaired) electrons. The Bertz CT molecular complexity index is 580. The second kappa shape index (κ2) is 4.16. The molecule has 2 aromatic rings. The Morgan fingerprint density at radius 1 is 1.11 bits per heavy atom. The van der Waals surface area contributed by atoms with Gasteiger partial charge >= 0.3 is 0 Å². The molecule has 0 aliphatic heterocycles. The van der Waals surface area contributed by atoms with Crippen molar-refractivity contribution in [2.24, 2.45) is 0 Å². The molecule has 2 N–H and O–H groups in total. The third-order valence-corrected chi connectivity index (χ3v) is 3.11. The van der Waals surface area contributed by atoms with Gasteiger partial charge in [-0.1, -0.05) is 20.8 Å². The number of aromatic nitrogens is 1. The monoisotopic (exact) mass is 243 g/mol. The minimum Gasteiger partial charge on any atom is -0.398 e. The summed E-state index contributed by atoms with van der Waals surface area (Å²) in [5, 5.41) is 1.02. The van der Waals surface area contributed by atoms with E-state index in [1.54, 1.807) is 0 Å². The maximum absolute atomic E-state index is 6.16. The molecule has 96 valence electrons. The van der Waals surface area contributed by atoms with Crippen LogP contribution in [0.3, 0.4) is 0 Å². The van der Waals surface area contributed by atoms with Gasteiger partial charge in [0.1, 0.15) is 0 Å². The summed E-state index contributed by atoms with van der Waals surface area (Å²) in [6.45, 7) is 6.44. The fourth-order valence-electron chi connectivity index (χ4n) is 1.90. The van der Waals surface area contributed by atoms with Crippen molar-refractivity contribution in [2.45, 2.75) is 26.2 Å². The van der Waals surface area contributed by atoms with Crippen LogP contribution >= 0.6 is 0 Å². The summed E-state index contributed by atoms with van der Waals surface area (Å²) >= 11 is 0. The summed E-state index contributed by atoms with van der Waals surface area (Å²) in [5.41, 5.74) is 10.1. The molecule has 0 saturated carbocycles. The number of nitrogens with zero attached hydrogens (tertiary/aromatic N) is 2. The quantitative estimate of drug-likeness (QED) is 0.836. The number of hydrogen-bond acceptors (Lipinski definition) is 3. The Morgan fingerprint density at radius 2 is 1.78 bits per heavy atom. The highest BCUT2D eigenvalue weighted by Crippen LogP contribution is 2.29. The highest BCUT2D eigenvalue weighted by molar-refractivity contribution is 5.92. The molecule has 3 nitrogen and oxygen atoms in total. The van der Waals surface area contributed by atoms with Gasteiger partial charge in [0, 0.05) is 42.0 Å². The fourth-order valence-corrected chi connectivity index (χ4v) is 1.90. The molecule has 0 spiro atoms. The molecule has 18 heavy (non-hydrogen) atoms. The molecule has 0 unspecified atom stereocenters. The molecule has 3 heteroatoms. The lowest BCUT2D eigenvalue weighted by molar-refractivity contribution is 0.572. The number of anilines is 2. The van der Waals surface area contributed by atoms with E-state index in [-0.39, 0.29) is 5.41 Å². The lowest BCUT2D eigenvalue weighted by Crippen LogP contribution is -2.14. The van der Waals surface area contributed by atoms with Crippen molar-refractivity contribution in [1.82, 2.24) is 4.98 Å². The van der Waals surface area contributed by atoms with Crippen molar-refractivity contribution >= 4 is 22.3 Å². The molecule has 1 heterocycles. The van der Waals surface area contributed by atoms with E-state index in [0.717, 1.165) is 28.0 Å². The molecular formula is C15H21N3. The number of nitrogen functional groups attached to an aromatic ring is 1. The highest BCUT2D eigenvalue weighted by Gasteiger charge is 2.17. The smallest absolute Gasteiger partial charge is 0.0727 e. The average Bonchev–Trinajstić information content (AvgIpc) is 2.27. The normalized spacial score (nSPS) is 11.8. The molecule has 1 aromatic carbocycles. The predicted octanol–water partition coefficient (Wildman–Crippen LogP) is 3.18. The standard InChI is InChI=1S/C15H21N3/c1-15(2,3)14-9-12(16)11-8-10(18(4)5)6-7-13(11)17-14/h6-9H,1-5H3,(H2,16,17). The van der Waals surface area contributed by atoms with Gasteiger partial charge in [-0.3, -0.25) is 4.98 Å². The van der Waals surface area contributed by atoms with Gasteiger partial charge in [0.25, 0.3) is 0 Å². The summed E-state index contributed by atoms with van der Waals surface area (Å²) < 4.78 is 0. The molecule has 0 atom stereocenters. The zero-order valence-corrected chi connectivity index (χ0v) is 11.8. The highest BCUT2D eigenvalue weighted by atomic mass is 15.1. The Hall–Kier alpha value is -1.77. The SMILES string of the molecule is CN(C)c1ccc2nc(C(C)(C)C)cc(N)c2c1. The molecule has 0 bridgehead atoms. The fraction of sp³-hybridized carbons (Fsp3) is 0.400. The Kier molecular flexibility index (Phi) is 2.93. The van der Waals surface area contributed by atoms with Gasteiger partial charge in [0.05, 0.1) is 5.52 Å². The van der Waals surface area contributed by atoms with Crippen LogP contribution < -0.4 is 10.6 Å². The molecule has 0 fully saturated rings. The summed E-state index contributed by atoms with van der Waals surface area (Å²) in [4.78, 5) is 6.78. The van der Waals surface area contributed by atoms with E-state index in [1.807, 2.05) is 26.2 Å². The second-order valence-corrected chi connectivity index (χ2v) is 5.94. The maximum atomic E-state index is 6.16. The molecular weight excluding hydrogens is 222 g/mol. The van der Waals surface area contributed by atoms with Crippen LogP contribution in [0.2, 0.25) is 0 Å². The van der Waals surface area contributed by atoms with E-state index < -0.39 is 0 Å². The minimum absolute atomic E-state index is 0.0164. The number of rotatable bonds is 1. The van der Waals surface area contributed by atoms with Crippen LogP contribution in [0.4, 0.5) is 11.4 Å². The van der Waals surface area contributed by atoms with E-state index in [0.29, 0.717) is 0 Å². The van der Waals surface area contributed by atoms with E-state index in [9.17, 15) is 0 Å². The molecule has 0 aliphatic rings. The van der Waals surface area contributed by atoms with Crippen molar-refractivity contribution in [2.75, 3.05) is 24.7 Å². The number of fused-ring (bicyclic) bond motifs is 1. The Labute approximate surface area is 109 Å². The molecule has 0 amide bonds. The number of pyridine rings is 1. The summed E-state index contributed by atoms with van der Waals surface area (Å²) in [6.07, 6.45) is 0. The zero-order valence-electron chi connectivity index (χ0n) is 11.8. The van der Waals surface area contributed by atoms with Gasteiger partial charge in [-0.15, -0.1) is 0 Å². The molecule has 1 aromatic heterocycles. The first-order valence-electron chi connectivity index (χ1n) is 6.17. The van der Waals surface area contributed by atoms with Crippen LogP contribution in [-0.2, 0) is 5.41 Å². The first-order valence-corrected chi connectivity index (χ1v) is 6.17. The summed E-state index contributed by atoms with van der Waals surface area (Å²) in [7, 11) is 4.04. The maximum Gasteiger partial charge on any atom is 0.0727 e. The minimum atomic E-state index is 0.0164. The van der Waals surface area contributed by atoms with Crippen molar-refractivity contribution in [3.63, 3.8) is 0 Å².